The molecule has 0 spiro atoms. The number of halogens is 1. The third kappa shape index (κ3) is 3.26. The zero-order valence-electron chi connectivity index (χ0n) is 10.2. The Bertz CT molecular complexity index is 519. The first kappa shape index (κ1) is 13.9. The van der Waals surface area contributed by atoms with E-state index >= 15 is 0 Å². The topological polar surface area (TPSA) is 92.4 Å². The van der Waals surface area contributed by atoms with Crippen LogP contribution in [0.5, 0.6) is 0 Å². The van der Waals surface area contributed by atoms with Gasteiger partial charge in [-0.3, -0.25) is 9.59 Å². The molecule has 2 atom stereocenters. The van der Waals surface area contributed by atoms with Gasteiger partial charge in [0.2, 0.25) is 0 Å². The van der Waals surface area contributed by atoms with Gasteiger partial charge < -0.3 is 16.2 Å². The number of nitrogen functional groups attached to an aromatic ring is 1. The van der Waals surface area contributed by atoms with E-state index in [2.05, 4.69) is 21.2 Å². The minimum Gasteiger partial charge on any atom is -0.481 e. The monoisotopic (exact) mass is 326 g/mol. The number of nitrogens with two attached hydrogens (primary N) is 1. The smallest absolute Gasteiger partial charge is 0.306 e. The highest BCUT2D eigenvalue weighted by molar-refractivity contribution is 9.10. The molecule has 0 unspecified atom stereocenters. The lowest BCUT2D eigenvalue weighted by molar-refractivity contribution is -0.141. The van der Waals surface area contributed by atoms with E-state index < -0.39 is 5.97 Å². The molecule has 1 fully saturated rings. The molecule has 0 radical (unpaired) electrons. The van der Waals surface area contributed by atoms with Crippen molar-refractivity contribution in [1.29, 1.82) is 0 Å². The lowest BCUT2D eigenvalue weighted by Gasteiger charge is -2.13. The number of hydrogen-bond donors (Lipinski definition) is 3. The number of anilines is 1. The molecule has 102 valence electrons. The molecule has 1 aliphatic carbocycles. The van der Waals surface area contributed by atoms with Gasteiger partial charge in [0.1, 0.15) is 0 Å². The molecule has 1 saturated carbocycles. The van der Waals surface area contributed by atoms with E-state index in [1.165, 1.54) is 0 Å². The minimum absolute atomic E-state index is 0.0649. The van der Waals surface area contributed by atoms with Gasteiger partial charge in [-0.1, -0.05) is 0 Å². The highest BCUT2D eigenvalue weighted by Gasteiger charge is 2.30. The molecule has 0 saturated heterocycles. The fourth-order valence-corrected chi connectivity index (χ4v) is 2.65. The van der Waals surface area contributed by atoms with Gasteiger partial charge >= 0.3 is 5.97 Å². The van der Waals surface area contributed by atoms with E-state index in [-0.39, 0.29) is 17.9 Å². The molecule has 5 nitrogen and oxygen atoms in total. The van der Waals surface area contributed by atoms with Gasteiger partial charge in [0.25, 0.3) is 5.91 Å². The number of carbonyl (C=O) groups is 2. The van der Waals surface area contributed by atoms with Crippen molar-refractivity contribution in [3.8, 4) is 0 Å². The maximum atomic E-state index is 12.0. The number of rotatable bonds is 3. The molecule has 1 aliphatic rings. The third-order valence-corrected chi connectivity index (χ3v) is 4.07. The zero-order chi connectivity index (χ0) is 14.0. The van der Waals surface area contributed by atoms with E-state index in [0.29, 0.717) is 35.0 Å². The lowest BCUT2D eigenvalue weighted by atomic mass is 10.1. The van der Waals surface area contributed by atoms with Crippen molar-refractivity contribution in [2.24, 2.45) is 5.92 Å². The Balaban J connectivity index is 1.98. The number of carbonyl (C=O) groups excluding carboxylic acids is 1. The summed E-state index contributed by atoms with van der Waals surface area (Å²) in [5.41, 5.74) is 6.75. The number of carboxylic acid groups (broad SMARTS) is 1. The average Bonchev–Trinajstić information content (AvgIpc) is 2.81. The number of carboxylic acids is 1. The highest BCUT2D eigenvalue weighted by Crippen LogP contribution is 2.26. The fraction of sp³-hybridized carbons (Fsp3) is 0.385. The Morgan fingerprint density at radius 2 is 2.11 bits per heavy atom. The Labute approximate surface area is 119 Å². The number of amides is 1. The molecule has 19 heavy (non-hydrogen) atoms. The van der Waals surface area contributed by atoms with Crippen LogP contribution in [-0.4, -0.2) is 23.0 Å². The summed E-state index contributed by atoms with van der Waals surface area (Å²) in [6.07, 6.45) is 1.82. The average molecular weight is 327 g/mol. The molecule has 4 N–H and O–H groups in total. The number of hydrogen-bond acceptors (Lipinski definition) is 3. The summed E-state index contributed by atoms with van der Waals surface area (Å²) in [5, 5.41) is 11.8. The molecule has 6 heteroatoms. The van der Waals surface area contributed by atoms with Crippen LogP contribution < -0.4 is 11.1 Å². The molecule has 1 aromatic rings. The molecule has 0 aliphatic heterocycles. The van der Waals surface area contributed by atoms with Crippen LogP contribution in [0, 0.1) is 5.92 Å². The minimum atomic E-state index is -0.785. The molecule has 0 bridgehead atoms. The summed E-state index contributed by atoms with van der Waals surface area (Å²) in [5.74, 6) is -1.33. The normalized spacial score (nSPS) is 22.2. The van der Waals surface area contributed by atoms with E-state index in [0.717, 1.165) is 0 Å². The summed E-state index contributed by atoms with van der Waals surface area (Å²) < 4.78 is 0.676. The predicted molar refractivity (Wildman–Crippen MR) is 74.8 cm³/mol. The molecular weight excluding hydrogens is 312 g/mol. The van der Waals surface area contributed by atoms with Gasteiger partial charge in [-0.2, -0.15) is 0 Å². The summed E-state index contributed by atoms with van der Waals surface area (Å²) in [6.45, 7) is 0. The van der Waals surface area contributed by atoms with Crippen molar-refractivity contribution in [2.45, 2.75) is 25.3 Å². The first-order valence-corrected chi connectivity index (χ1v) is 6.85. The van der Waals surface area contributed by atoms with Gasteiger partial charge in [-0.25, -0.2) is 0 Å². The Morgan fingerprint density at radius 3 is 2.68 bits per heavy atom. The summed E-state index contributed by atoms with van der Waals surface area (Å²) in [7, 11) is 0. The van der Waals surface area contributed by atoms with Crippen molar-refractivity contribution in [3.63, 3.8) is 0 Å². The van der Waals surface area contributed by atoms with Crippen LogP contribution in [0.1, 0.15) is 29.6 Å². The maximum absolute atomic E-state index is 12.0. The lowest BCUT2D eigenvalue weighted by Crippen LogP contribution is -2.33. The highest BCUT2D eigenvalue weighted by atomic mass is 79.9. The van der Waals surface area contributed by atoms with Crippen LogP contribution in [0.2, 0.25) is 0 Å². The standard InChI is InChI=1S/C13H15BrN2O3/c14-10-6-7(2-4-11(10)15)12(17)16-9-3-1-8(5-9)13(18)19/h2,4,6,8-9H,1,3,5,15H2,(H,16,17)(H,18,19)/t8-,9+/m1/s1. The van der Waals surface area contributed by atoms with Crippen LogP contribution >= 0.6 is 15.9 Å². The van der Waals surface area contributed by atoms with Crippen molar-refractivity contribution in [1.82, 2.24) is 5.32 Å². The maximum Gasteiger partial charge on any atom is 0.306 e. The van der Waals surface area contributed by atoms with Gasteiger partial charge in [0.15, 0.2) is 0 Å². The molecule has 1 aromatic carbocycles. The van der Waals surface area contributed by atoms with Crippen molar-refractivity contribution in [3.05, 3.63) is 28.2 Å². The number of aliphatic carboxylic acids is 1. The molecule has 0 aromatic heterocycles. The Kier molecular flexibility index (Phi) is 4.09. The van der Waals surface area contributed by atoms with Crippen molar-refractivity contribution >= 4 is 33.5 Å². The van der Waals surface area contributed by atoms with E-state index in [1.807, 2.05) is 0 Å². The van der Waals surface area contributed by atoms with Crippen LogP contribution in [0.3, 0.4) is 0 Å². The second-order valence-electron chi connectivity index (χ2n) is 4.75. The van der Waals surface area contributed by atoms with Crippen LogP contribution in [-0.2, 0) is 4.79 Å². The van der Waals surface area contributed by atoms with Gasteiger partial charge in [0, 0.05) is 21.8 Å². The van der Waals surface area contributed by atoms with E-state index in [4.69, 9.17) is 10.8 Å². The van der Waals surface area contributed by atoms with Crippen molar-refractivity contribution < 1.29 is 14.7 Å². The molecule has 0 heterocycles. The van der Waals surface area contributed by atoms with Crippen LogP contribution in [0.25, 0.3) is 0 Å². The Hall–Kier alpha value is -1.56. The van der Waals surface area contributed by atoms with Gasteiger partial charge in [-0.05, 0) is 53.4 Å². The Morgan fingerprint density at radius 1 is 1.37 bits per heavy atom. The van der Waals surface area contributed by atoms with E-state index in [9.17, 15) is 9.59 Å². The van der Waals surface area contributed by atoms with E-state index in [1.54, 1.807) is 18.2 Å². The number of benzene rings is 1. The van der Waals surface area contributed by atoms with Crippen LogP contribution in [0.4, 0.5) is 5.69 Å². The quantitative estimate of drug-likeness (QED) is 0.741. The first-order chi connectivity index (χ1) is 8.97. The van der Waals surface area contributed by atoms with Crippen LogP contribution in [0.15, 0.2) is 22.7 Å². The second-order valence-corrected chi connectivity index (χ2v) is 5.61. The van der Waals surface area contributed by atoms with Crippen molar-refractivity contribution in [2.75, 3.05) is 5.73 Å². The largest absolute Gasteiger partial charge is 0.481 e. The third-order valence-electron chi connectivity index (χ3n) is 3.38. The zero-order valence-corrected chi connectivity index (χ0v) is 11.8. The molecular formula is C13H15BrN2O3. The summed E-state index contributed by atoms with van der Waals surface area (Å²) in [6, 6.07) is 4.91. The first-order valence-electron chi connectivity index (χ1n) is 6.06. The molecule has 2 rings (SSSR count). The van der Waals surface area contributed by atoms with Gasteiger partial charge in [-0.15, -0.1) is 0 Å². The SMILES string of the molecule is Nc1ccc(C(=O)N[C@H]2CC[C@@H](C(=O)O)C2)cc1Br. The van der Waals surface area contributed by atoms with Gasteiger partial charge in [0.05, 0.1) is 5.92 Å². The summed E-state index contributed by atoms with van der Waals surface area (Å²) >= 11 is 3.27. The number of nitrogens with one attached hydrogen (secondary N) is 1. The molecule has 1 amide bonds. The fourth-order valence-electron chi connectivity index (χ4n) is 2.27. The predicted octanol–water partition coefficient (Wildman–Crippen LogP) is 2.01. The second kappa shape index (κ2) is 5.61. The summed E-state index contributed by atoms with van der Waals surface area (Å²) in [4.78, 5) is 22.9.